The fourth-order valence-corrected chi connectivity index (χ4v) is 3.76. The molecule has 0 fully saturated rings. The third kappa shape index (κ3) is 8.93. The van der Waals surface area contributed by atoms with E-state index < -0.39 is 0 Å². The van der Waals surface area contributed by atoms with E-state index in [0.29, 0.717) is 9.49 Å². The van der Waals surface area contributed by atoms with E-state index in [1.807, 2.05) is 0 Å². The Morgan fingerprint density at radius 3 is 1.86 bits per heavy atom. The second-order valence-electron chi connectivity index (χ2n) is 5.78. The van der Waals surface area contributed by atoms with E-state index in [1.54, 1.807) is 0 Å². The number of hydrogen-bond acceptors (Lipinski definition) is 1. The van der Waals surface area contributed by atoms with Crippen molar-refractivity contribution in [3.8, 4) is 0 Å². The van der Waals surface area contributed by atoms with Gasteiger partial charge in [-0.2, -0.15) is 0 Å². The molecule has 0 nitrogen and oxygen atoms in total. The zero-order valence-electron chi connectivity index (χ0n) is 10.9. The van der Waals surface area contributed by atoms with E-state index in [2.05, 4.69) is 53.3 Å². The van der Waals surface area contributed by atoms with Crippen LogP contribution in [0.5, 0.6) is 0 Å². The van der Waals surface area contributed by atoms with E-state index in [1.165, 1.54) is 32.1 Å². The lowest BCUT2D eigenvalue weighted by Gasteiger charge is -2.32. The molecule has 86 valence electrons. The van der Waals surface area contributed by atoms with Gasteiger partial charge in [-0.15, -0.1) is 11.8 Å². The standard InChI is InChI=1S/C13H28S/c1-7-8-9-10-11-13(5,6)14-12(2,3)4/h7-11H2,1-6H3. The molecule has 0 rings (SSSR count). The van der Waals surface area contributed by atoms with Crippen molar-refractivity contribution in [3.05, 3.63) is 0 Å². The van der Waals surface area contributed by atoms with Gasteiger partial charge in [-0.25, -0.2) is 0 Å². The van der Waals surface area contributed by atoms with Crippen LogP contribution in [0.25, 0.3) is 0 Å². The lowest BCUT2D eigenvalue weighted by molar-refractivity contribution is 0.553. The third-order valence-corrected chi connectivity index (χ3v) is 3.58. The lowest BCUT2D eigenvalue weighted by atomic mass is 10.0. The average molecular weight is 216 g/mol. The quantitative estimate of drug-likeness (QED) is 0.545. The highest BCUT2D eigenvalue weighted by Crippen LogP contribution is 2.39. The minimum Gasteiger partial charge on any atom is -0.150 e. The Hall–Kier alpha value is 0.350. The molecular weight excluding hydrogens is 188 g/mol. The Labute approximate surface area is 95.2 Å². The molecule has 0 spiro atoms. The normalized spacial score (nSPS) is 13.3. The molecule has 0 heterocycles. The molecule has 0 aromatic heterocycles. The topological polar surface area (TPSA) is 0 Å². The summed E-state index contributed by atoms with van der Waals surface area (Å²) >= 11 is 2.12. The molecule has 0 saturated carbocycles. The minimum absolute atomic E-state index is 0.397. The van der Waals surface area contributed by atoms with Gasteiger partial charge in [0.2, 0.25) is 0 Å². The zero-order valence-corrected chi connectivity index (χ0v) is 11.8. The van der Waals surface area contributed by atoms with Crippen LogP contribution in [0.1, 0.15) is 73.6 Å². The maximum atomic E-state index is 2.38. The summed E-state index contributed by atoms with van der Waals surface area (Å²) in [7, 11) is 0. The highest BCUT2D eigenvalue weighted by molar-refractivity contribution is 8.01. The molecule has 14 heavy (non-hydrogen) atoms. The van der Waals surface area contributed by atoms with Crippen LogP contribution in [0.2, 0.25) is 0 Å². The Morgan fingerprint density at radius 2 is 1.43 bits per heavy atom. The molecule has 0 N–H and O–H groups in total. The van der Waals surface area contributed by atoms with Crippen molar-refractivity contribution in [2.24, 2.45) is 0 Å². The van der Waals surface area contributed by atoms with E-state index in [-0.39, 0.29) is 0 Å². The van der Waals surface area contributed by atoms with Crippen LogP contribution in [0.4, 0.5) is 0 Å². The fraction of sp³-hybridized carbons (Fsp3) is 1.00. The van der Waals surface area contributed by atoms with E-state index in [9.17, 15) is 0 Å². The summed E-state index contributed by atoms with van der Waals surface area (Å²) in [6.07, 6.45) is 6.90. The van der Waals surface area contributed by atoms with E-state index >= 15 is 0 Å². The van der Waals surface area contributed by atoms with Crippen LogP contribution in [0.3, 0.4) is 0 Å². The first-order valence-electron chi connectivity index (χ1n) is 5.97. The number of hydrogen-bond donors (Lipinski definition) is 0. The van der Waals surface area contributed by atoms with Crippen LogP contribution in [-0.4, -0.2) is 9.49 Å². The molecule has 0 aromatic carbocycles. The molecule has 1 heteroatoms. The summed E-state index contributed by atoms with van der Waals surface area (Å²) in [6, 6.07) is 0. The molecule has 0 aromatic rings. The van der Waals surface area contributed by atoms with Gasteiger partial charge >= 0.3 is 0 Å². The molecule has 0 aliphatic rings. The van der Waals surface area contributed by atoms with Gasteiger partial charge in [0, 0.05) is 9.49 Å². The summed E-state index contributed by atoms with van der Waals surface area (Å²) in [6.45, 7) is 14.0. The molecule has 0 amide bonds. The molecular formula is C13H28S. The average Bonchev–Trinajstić information content (AvgIpc) is 1.93. The smallest absolute Gasteiger partial charge is 0.0109 e. The molecule has 0 saturated heterocycles. The van der Waals surface area contributed by atoms with Gasteiger partial charge in [0.1, 0.15) is 0 Å². The lowest BCUT2D eigenvalue weighted by Crippen LogP contribution is -2.23. The molecule has 0 aliphatic carbocycles. The van der Waals surface area contributed by atoms with E-state index in [4.69, 9.17) is 0 Å². The molecule has 0 aliphatic heterocycles. The maximum absolute atomic E-state index is 2.38. The second kappa shape index (κ2) is 6.05. The predicted molar refractivity (Wildman–Crippen MR) is 70.2 cm³/mol. The minimum atomic E-state index is 0.397. The van der Waals surface area contributed by atoms with Crippen LogP contribution < -0.4 is 0 Å². The SMILES string of the molecule is CCCCCCC(C)(C)SC(C)(C)C. The van der Waals surface area contributed by atoms with Gasteiger partial charge in [0.05, 0.1) is 0 Å². The highest BCUT2D eigenvalue weighted by Gasteiger charge is 2.25. The Morgan fingerprint density at radius 1 is 0.857 bits per heavy atom. The summed E-state index contributed by atoms with van der Waals surface area (Å²) in [5.74, 6) is 0. The van der Waals surface area contributed by atoms with Crippen LogP contribution >= 0.6 is 11.8 Å². The van der Waals surface area contributed by atoms with Gasteiger partial charge in [-0.1, -0.05) is 67.2 Å². The zero-order chi connectivity index (χ0) is 11.2. The Kier molecular flexibility index (Phi) is 6.20. The third-order valence-electron chi connectivity index (χ3n) is 2.21. The number of unbranched alkanes of at least 4 members (excludes halogenated alkanes) is 3. The van der Waals surface area contributed by atoms with Gasteiger partial charge in [0.15, 0.2) is 0 Å². The molecule has 0 radical (unpaired) electrons. The van der Waals surface area contributed by atoms with Crippen molar-refractivity contribution in [3.63, 3.8) is 0 Å². The first-order valence-corrected chi connectivity index (χ1v) is 6.79. The van der Waals surface area contributed by atoms with Gasteiger partial charge in [-0.05, 0) is 6.42 Å². The Balaban J connectivity index is 3.72. The summed E-state index contributed by atoms with van der Waals surface area (Å²) in [4.78, 5) is 0. The van der Waals surface area contributed by atoms with Crippen molar-refractivity contribution in [2.75, 3.05) is 0 Å². The van der Waals surface area contributed by atoms with Crippen molar-refractivity contribution in [1.29, 1.82) is 0 Å². The summed E-state index contributed by atoms with van der Waals surface area (Å²) in [5.41, 5.74) is 0. The van der Waals surface area contributed by atoms with E-state index in [0.717, 1.165) is 0 Å². The molecule has 0 bridgehead atoms. The summed E-state index contributed by atoms with van der Waals surface area (Å²) < 4.78 is 0.847. The first kappa shape index (κ1) is 14.3. The largest absolute Gasteiger partial charge is 0.150 e. The van der Waals surface area contributed by atoms with Crippen LogP contribution in [0, 0.1) is 0 Å². The van der Waals surface area contributed by atoms with Crippen molar-refractivity contribution < 1.29 is 0 Å². The highest BCUT2D eigenvalue weighted by atomic mass is 32.2. The van der Waals surface area contributed by atoms with Gasteiger partial charge in [-0.3, -0.25) is 0 Å². The summed E-state index contributed by atoms with van der Waals surface area (Å²) in [5, 5.41) is 0. The van der Waals surface area contributed by atoms with Crippen molar-refractivity contribution in [1.82, 2.24) is 0 Å². The molecule has 0 unspecified atom stereocenters. The number of rotatable bonds is 6. The van der Waals surface area contributed by atoms with Gasteiger partial charge < -0.3 is 0 Å². The van der Waals surface area contributed by atoms with Crippen molar-refractivity contribution in [2.45, 2.75) is 83.1 Å². The monoisotopic (exact) mass is 216 g/mol. The fourth-order valence-electron chi connectivity index (χ4n) is 1.86. The first-order chi connectivity index (χ1) is 6.27. The van der Waals surface area contributed by atoms with Gasteiger partial charge in [0.25, 0.3) is 0 Å². The molecule has 0 atom stereocenters. The predicted octanol–water partition coefficient (Wildman–Crippen LogP) is 5.27. The maximum Gasteiger partial charge on any atom is 0.0109 e. The van der Waals surface area contributed by atoms with Crippen molar-refractivity contribution >= 4 is 11.8 Å². The second-order valence-corrected chi connectivity index (χ2v) is 8.32. The van der Waals surface area contributed by atoms with Crippen LogP contribution in [0.15, 0.2) is 0 Å². The number of thioether (sulfide) groups is 1. The Bertz CT molecular complexity index is 142. The van der Waals surface area contributed by atoms with Crippen LogP contribution in [-0.2, 0) is 0 Å².